The second-order valence-electron chi connectivity index (χ2n) is 8.72. The van der Waals surface area contributed by atoms with Crippen LogP contribution in [0.5, 0.6) is 0 Å². The van der Waals surface area contributed by atoms with Crippen molar-refractivity contribution in [2.45, 2.75) is 59.2 Å². The molecule has 2 atom stereocenters. The van der Waals surface area contributed by atoms with E-state index >= 15 is 0 Å². The van der Waals surface area contributed by atoms with E-state index in [9.17, 15) is 9.59 Å². The standard InChI is InChI=1S/C25H32N4O4S/c1-5-15(2)24(30)28-21-20-11-17(26-13-19-9-8-16(3)34-19)12-27-23(20)29(22(21)25(31)32-4)14-18-7-6-10-33-18/h8-9,11-12,15,18,26H,5-7,10,13-14H2,1-4H3,(H,28,30)/t15-,18+/m1/s1. The average molecular weight is 485 g/mol. The van der Waals surface area contributed by atoms with Crippen molar-refractivity contribution in [1.82, 2.24) is 9.55 Å². The number of carbonyl (C=O) groups is 2. The molecular formula is C25H32N4O4S. The molecule has 1 aliphatic heterocycles. The van der Waals surface area contributed by atoms with Crippen LogP contribution in [0.25, 0.3) is 11.0 Å². The fourth-order valence-corrected chi connectivity index (χ4v) is 4.96. The Balaban J connectivity index is 1.77. The van der Waals surface area contributed by atoms with Gasteiger partial charge in [-0.25, -0.2) is 9.78 Å². The van der Waals surface area contributed by atoms with Crippen LogP contribution in [0.4, 0.5) is 11.4 Å². The molecule has 4 heterocycles. The number of methoxy groups -OCH3 is 1. The second kappa shape index (κ2) is 10.6. The van der Waals surface area contributed by atoms with Gasteiger partial charge in [0.1, 0.15) is 5.65 Å². The van der Waals surface area contributed by atoms with Crippen molar-refractivity contribution in [3.63, 3.8) is 0 Å². The number of esters is 1. The normalized spacial score (nSPS) is 16.5. The molecule has 2 N–H and O–H groups in total. The first kappa shape index (κ1) is 24.2. The number of hydrogen-bond acceptors (Lipinski definition) is 7. The molecule has 0 aliphatic carbocycles. The number of anilines is 2. The van der Waals surface area contributed by atoms with Gasteiger partial charge in [-0.3, -0.25) is 4.79 Å². The predicted octanol–water partition coefficient (Wildman–Crippen LogP) is 4.97. The Hall–Kier alpha value is -2.91. The van der Waals surface area contributed by atoms with Crippen molar-refractivity contribution in [1.29, 1.82) is 0 Å². The molecule has 0 saturated carbocycles. The summed E-state index contributed by atoms with van der Waals surface area (Å²) in [5, 5.41) is 7.11. The largest absolute Gasteiger partial charge is 0.464 e. The van der Waals surface area contributed by atoms with E-state index < -0.39 is 5.97 Å². The molecule has 182 valence electrons. The lowest BCUT2D eigenvalue weighted by Crippen LogP contribution is -2.23. The van der Waals surface area contributed by atoms with E-state index in [1.165, 1.54) is 16.9 Å². The molecule has 3 aromatic heterocycles. The molecule has 0 bridgehead atoms. The van der Waals surface area contributed by atoms with Crippen LogP contribution in [0.1, 0.15) is 53.4 Å². The van der Waals surface area contributed by atoms with Crippen LogP contribution in [0.2, 0.25) is 0 Å². The van der Waals surface area contributed by atoms with Gasteiger partial charge in [0.05, 0.1) is 37.3 Å². The van der Waals surface area contributed by atoms with E-state index in [1.807, 2.05) is 24.5 Å². The topological polar surface area (TPSA) is 94.5 Å². The molecule has 8 nitrogen and oxygen atoms in total. The third-order valence-corrected chi connectivity index (χ3v) is 7.26. The van der Waals surface area contributed by atoms with E-state index in [0.29, 0.717) is 48.5 Å². The molecule has 0 spiro atoms. The van der Waals surface area contributed by atoms with Crippen LogP contribution in [-0.2, 0) is 27.4 Å². The highest BCUT2D eigenvalue weighted by atomic mass is 32.1. The first-order valence-corrected chi connectivity index (χ1v) is 12.5. The van der Waals surface area contributed by atoms with Crippen LogP contribution < -0.4 is 10.6 Å². The number of carbonyl (C=O) groups excluding carboxylic acids is 2. The zero-order chi connectivity index (χ0) is 24.2. The number of nitrogens with zero attached hydrogens (tertiary/aromatic N) is 2. The SMILES string of the molecule is CC[C@@H](C)C(=O)Nc1c(C(=O)OC)n(C[C@@H]2CCCO2)c2ncc(NCc3ccc(C)s3)cc12. The van der Waals surface area contributed by atoms with Gasteiger partial charge in [-0.2, -0.15) is 0 Å². The lowest BCUT2D eigenvalue weighted by Gasteiger charge is -2.15. The molecule has 0 aromatic carbocycles. The molecule has 9 heteroatoms. The number of thiophene rings is 1. The van der Waals surface area contributed by atoms with Gasteiger partial charge in [-0.1, -0.05) is 13.8 Å². The number of nitrogens with one attached hydrogen (secondary N) is 2. The van der Waals surface area contributed by atoms with Gasteiger partial charge >= 0.3 is 5.97 Å². The molecule has 1 aliphatic rings. The van der Waals surface area contributed by atoms with E-state index in [4.69, 9.17) is 14.5 Å². The van der Waals surface area contributed by atoms with Crippen molar-refractivity contribution < 1.29 is 19.1 Å². The van der Waals surface area contributed by atoms with Crippen molar-refractivity contribution >= 4 is 45.6 Å². The van der Waals surface area contributed by atoms with Crippen molar-refractivity contribution in [2.75, 3.05) is 24.4 Å². The van der Waals surface area contributed by atoms with Crippen molar-refractivity contribution in [2.24, 2.45) is 5.92 Å². The summed E-state index contributed by atoms with van der Waals surface area (Å²) in [6, 6.07) is 6.14. The van der Waals surface area contributed by atoms with Crippen LogP contribution in [0.3, 0.4) is 0 Å². The second-order valence-corrected chi connectivity index (χ2v) is 10.1. The summed E-state index contributed by atoms with van der Waals surface area (Å²) in [5.74, 6) is -0.853. The Kier molecular flexibility index (Phi) is 7.53. The molecule has 1 fully saturated rings. The molecule has 1 amide bonds. The van der Waals surface area contributed by atoms with Gasteiger partial charge in [0, 0.05) is 34.2 Å². The third-order valence-electron chi connectivity index (χ3n) is 6.26. The number of hydrogen-bond donors (Lipinski definition) is 2. The minimum atomic E-state index is -0.515. The predicted molar refractivity (Wildman–Crippen MR) is 135 cm³/mol. The Morgan fingerprint density at radius 1 is 1.38 bits per heavy atom. The van der Waals surface area contributed by atoms with Crippen LogP contribution >= 0.6 is 11.3 Å². The fraction of sp³-hybridized carbons (Fsp3) is 0.480. The van der Waals surface area contributed by atoms with Gasteiger partial charge in [0.2, 0.25) is 5.91 Å². The minimum Gasteiger partial charge on any atom is -0.464 e. The minimum absolute atomic E-state index is 0.0150. The maximum atomic E-state index is 12.9. The Morgan fingerprint density at radius 2 is 2.21 bits per heavy atom. The van der Waals surface area contributed by atoms with Gasteiger partial charge in [0.15, 0.2) is 5.69 Å². The molecule has 4 rings (SSSR count). The molecule has 34 heavy (non-hydrogen) atoms. The number of amides is 1. The number of ether oxygens (including phenoxy) is 2. The van der Waals surface area contributed by atoms with Gasteiger partial charge < -0.3 is 24.7 Å². The summed E-state index contributed by atoms with van der Waals surface area (Å²) in [4.78, 5) is 33.0. The molecule has 0 radical (unpaired) electrons. The summed E-state index contributed by atoms with van der Waals surface area (Å²) < 4.78 is 12.8. The van der Waals surface area contributed by atoms with Crippen LogP contribution in [0, 0.1) is 12.8 Å². The smallest absolute Gasteiger partial charge is 0.356 e. The Labute approximate surface area is 203 Å². The zero-order valence-corrected chi connectivity index (χ0v) is 21.0. The monoisotopic (exact) mass is 484 g/mol. The first-order valence-electron chi connectivity index (χ1n) is 11.7. The third kappa shape index (κ3) is 5.10. The van der Waals surface area contributed by atoms with Gasteiger partial charge in [-0.15, -0.1) is 11.3 Å². The molecule has 1 saturated heterocycles. The van der Waals surface area contributed by atoms with Crippen LogP contribution in [-0.4, -0.2) is 41.2 Å². The van der Waals surface area contributed by atoms with E-state index in [2.05, 4.69) is 29.7 Å². The van der Waals surface area contributed by atoms with E-state index in [1.54, 1.807) is 17.5 Å². The highest BCUT2D eigenvalue weighted by Gasteiger charge is 2.29. The molecular weight excluding hydrogens is 452 g/mol. The summed E-state index contributed by atoms with van der Waals surface area (Å²) >= 11 is 1.74. The Morgan fingerprint density at radius 3 is 2.85 bits per heavy atom. The van der Waals surface area contributed by atoms with Gasteiger partial charge in [-0.05, 0) is 44.4 Å². The summed E-state index contributed by atoms with van der Waals surface area (Å²) in [7, 11) is 1.35. The quantitative estimate of drug-likeness (QED) is 0.417. The van der Waals surface area contributed by atoms with Crippen molar-refractivity contribution in [3.8, 4) is 0 Å². The number of aromatic nitrogens is 2. The average Bonchev–Trinajstić information content (AvgIpc) is 3.57. The summed E-state index contributed by atoms with van der Waals surface area (Å²) in [6.07, 6.45) is 4.33. The maximum absolute atomic E-state index is 12.9. The fourth-order valence-electron chi connectivity index (χ4n) is 4.13. The Bertz CT molecular complexity index is 1180. The molecule has 0 unspecified atom stereocenters. The highest BCUT2D eigenvalue weighted by Crippen LogP contribution is 2.34. The lowest BCUT2D eigenvalue weighted by atomic mass is 10.1. The number of aryl methyl sites for hydroxylation is 1. The highest BCUT2D eigenvalue weighted by molar-refractivity contribution is 7.11. The molecule has 3 aromatic rings. The number of fused-ring (bicyclic) bond motifs is 1. The van der Waals surface area contributed by atoms with Crippen molar-refractivity contribution in [3.05, 3.63) is 39.8 Å². The summed E-state index contributed by atoms with van der Waals surface area (Å²) in [5.41, 5.74) is 2.16. The first-order chi connectivity index (χ1) is 16.4. The zero-order valence-electron chi connectivity index (χ0n) is 20.1. The summed E-state index contributed by atoms with van der Waals surface area (Å²) in [6.45, 7) is 7.75. The van der Waals surface area contributed by atoms with Crippen LogP contribution in [0.15, 0.2) is 24.4 Å². The maximum Gasteiger partial charge on any atom is 0.356 e. The van der Waals surface area contributed by atoms with E-state index in [0.717, 1.165) is 18.5 Å². The number of rotatable bonds is 9. The van der Waals surface area contributed by atoms with Gasteiger partial charge in [0.25, 0.3) is 0 Å². The van der Waals surface area contributed by atoms with E-state index in [-0.39, 0.29) is 17.9 Å². The number of pyridine rings is 1. The lowest BCUT2D eigenvalue weighted by molar-refractivity contribution is -0.119.